The minimum atomic E-state index is -0.616. The van der Waals surface area contributed by atoms with Crippen molar-refractivity contribution in [3.8, 4) is 11.4 Å². The van der Waals surface area contributed by atoms with Crippen LogP contribution in [0.4, 0.5) is 11.4 Å². The number of aromatic hydroxyl groups is 1. The zero-order chi connectivity index (χ0) is 23.5. The number of hydrogen-bond donors (Lipinski definition) is 1. The summed E-state index contributed by atoms with van der Waals surface area (Å²) in [5, 5.41) is 9.48. The van der Waals surface area contributed by atoms with E-state index in [4.69, 9.17) is 0 Å². The van der Waals surface area contributed by atoms with Crippen molar-refractivity contribution in [3.05, 3.63) is 80.0 Å². The Labute approximate surface area is 191 Å². The van der Waals surface area contributed by atoms with Crippen LogP contribution in [-0.4, -0.2) is 45.0 Å². The minimum Gasteiger partial charge on any atom is -0.508 e. The van der Waals surface area contributed by atoms with Gasteiger partial charge in [-0.3, -0.25) is 0 Å². The summed E-state index contributed by atoms with van der Waals surface area (Å²) in [6.07, 6.45) is 0.617. The molecule has 9 nitrogen and oxygen atoms in total. The number of rotatable bonds is 6. The van der Waals surface area contributed by atoms with Crippen molar-refractivity contribution < 1.29 is 5.11 Å². The van der Waals surface area contributed by atoms with E-state index < -0.39 is 17.1 Å². The Hall–Kier alpha value is -3.75. The fourth-order valence-corrected chi connectivity index (χ4v) is 4.24. The highest BCUT2D eigenvalue weighted by Crippen LogP contribution is 2.23. The van der Waals surface area contributed by atoms with Crippen LogP contribution in [-0.2, 0) is 13.1 Å². The van der Waals surface area contributed by atoms with Gasteiger partial charge >= 0.3 is 17.1 Å². The van der Waals surface area contributed by atoms with Crippen LogP contribution in [0.1, 0.15) is 20.3 Å². The SMILES string of the molecule is CCCn1c(=O)n(CC)c(=O)n(-c2ccc(N3CCN(c4ccc(O)cc4)CC3)cc2)c1=O. The molecular formula is C24H29N5O4. The fourth-order valence-electron chi connectivity index (χ4n) is 4.24. The van der Waals surface area contributed by atoms with Crippen LogP contribution in [0, 0.1) is 0 Å². The number of benzene rings is 2. The van der Waals surface area contributed by atoms with Crippen LogP contribution in [0.15, 0.2) is 62.9 Å². The van der Waals surface area contributed by atoms with Crippen LogP contribution < -0.4 is 26.9 Å². The minimum absolute atomic E-state index is 0.199. The highest BCUT2D eigenvalue weighted by molar-refractivity contribution is 5.54. The number of phenols is 1. The second kappa shape index (κ2) is 9.40. The Bertz CT molecular complexity index is 1280. The molecule has 1 fully saturated rings. The molecule has 1 aliphatic heterocycles. The molecule has 0 bridgehead atoms. The predicted octanol–water partition coefficient (Wildman–Crippen LogP) is 1.62. The molecule has 33 heavy (non-hydrogen) atoms. The topological polar surface area (TPSA) is 92.7 Å². The highest BCUT2D eigenvalue weighted by atomic mass is 16.3. The summed E-state index contributed by atoms with van der Waals surface area (Å²) < 4.78 is 3.29. The summed E-state index contributed by atoms with van der Waals surface area (Å²) in [5.74, 6) is 0.257. The van der Waals surface area contributed by atoms with E-state index in [9.17, 15) is 19.5 Å². The van der Waals surface area contributed by atoms with Gasteiger partial charge in [0.05, 0.1) is 5.69 Å². The number of anilines is 2. The lowest BCUT2D eigenvalue weighted by atomic mass is 10.2. The molecule has 4 rings (SSSR count). The summed E-state index contributed by atoms with van der Waals surface area (Å²) in [5.41, 5.74) is 0.755. The zero-order valence-electron chi connectivity index (χ0n) is 19.0. The van der Waals surface area contributed by atoms with Gasteiger partial charge in [-0.15, -0.1) is 0 Å². The van der Waals surface area contributed by atoms with Crippen LogP contribution in [0.5, 0.6) is 5.75 Å². The van der Waals surface area contributed by atoms with Crippen molar-refractivity contribution in [1.82, 2.24) is 13.7 Å². The van der Waals surface area contributed by atoms with E-state index >= 15 is 0 Å². The van der Waals surface area contributed by atoms with Gasteiger partial charge in [0.25, 0.3) is 0 Å². The zero-order valence-corrected chi connectivity index (χ0v) is 19.0. The van der Waals surface area contributed by atoms with Gasteiger partial charge in [-0.25, -0.2) is 28.1 Å². The maximum absolute atomic E-state index is 12.9. The third kappa shape index (κ3) is 4.30. The van der Waals surface area contributed by atoms with Crippen molar-refractivity contribution in [2.45, 2.75) is 33.4 Å². The first-order chi connectivity index (χ1) is 15.9. The molecule has 0 atom stereocenters. The molecule has 3 aromatic rings. The smallest absolute Gasteiger partial charge is 0.340 e. The van der Waals surface area contributed by atoms with E-state index in [-0.39, 0.29) is 18.8 Å². The van der Waals surface area contributed by atoms with E-state index in [0.717, 1.165) is 51.3 Å². The standard InChI is InChI=1S/C24H29N5O4/c1-3-13-28-22(31)27(4-2)23(32)29(24(28)33)20-7-5-18(6-8-20)25-14-16-26(17-15-25)19-9-11-21(30)12-10-19/h5-12,30H,3-4,13-17H2,1-2H3. The molecule has 9 heteroatoms. The quantitative estimate of drug-likeness (QED) is 0.612. The van der Waals surface area contributed by atoms with E-state index in [0.29, 0.717) is 12.1 Å². The summed E-state index contributed by atoms with van der Waals surface area (Å²) in [4.78, 5) is 42.8. The van der Waals surface area contributed by atoms with Gasteiger partial charge < -0.3 is 14.9 Å². The summed E-state index contributed by atoms with van der Waals surface area (Å²) in [7, 11) is 0. The maximum atomic E-state index is 12.9. The van der Waals surface area contributed by atoms with Gasteiger partial charge in [0.1, 0.15) is 5.75 Å². The van der Waals surface area contributed by atoms with Crippen molar-refractivity contribution in [2.75, 3.05) is 36.0 Å². The molecule has 0 radical (unpaired) electrons. The molecule has 0 aliphatic carbocycles. The molecule has 1 aromatic heterocycles. The van der Waals surface area contributed by atoms with Crippen molar-refractivity contribution in [1.29, 1.82) is 0 Å². The second-order valence-electron chi connectivity index (χ2n) is 8.09. The molecule has 0 amide bonds. The molecule has 1 saturated heterocycles. The van der Waals surface area contributed by atoms with Crippen LogP contribution >= 0.6 is 0 Å². The third-order valence-electron chi connectivity index (χ3n) is 6.04. The Morgan fingerprint density at radius 2 is 1.12 bits per heavy atom. The van der Waals surface area contributed by atoms with E-state index in [2.05, 4.69) is 9.80 Å². The normalized spacial score (nSPS) is 14.0. The molecular weight excluding hydrogens is 422 g/mol. The lowest BCUT2D eigenvalue weighted by Crippen LogP contribution is -2.53. The summed E-state index contributed by atoms with van der Waals surface area (Å²) in [6, 6.07) is 14.5. The first-order valence-electron chi connectivity index (χ1n) is 11.3. The Morgan fingerprint density at radius 1 is 0.667 bits per heavy atom. The highest BCUT2D eigenvalue weighted by Gasteiger charge is 2.19. The van der Waals surface area contributed by atoms with E-state index in [1.807, 2.05) is 31.2 Å². The lowest BCUT2D eigenvalue weighted by Gasteiger charge is -2.37. The monoisotopic (exact) mass is 451 g/mol. The van der Waals surface area contributed by atoms with Crippen LogP contribution in [0.25, 0.3) is 5.69 Å². The number of nitrogens with zero attached hydrogens (tertiary/aromatic N) is 5. The largest absolute Gasteiger partial charge is 0.508 e. The average molecular weight is 452 g/mol. The second-order valence-corrected chi connectivity index (χ2v) is 8.09. The van der Waals surface area contributed by atoms with Gasteiger partial charge in [0.2, 0.25) is 0 Å². The molecule has 1 N–H and O–H groups in total. The molecule has 1 aliphatic rings. The van der Waals surface area contributed by atoms with Gasteiger partial charge in [-0.1, -0.05) is 6.92 Å². The lowest BCUT2D eigenvalue weighted by molar-refractivity contribution is 0.475. The maximum Gasteiger partial charge on any atom is 0.340 e. The van der Waals surface area contributed by atoms with Gasteiger partial charge in [-0.05, 0) is 61.9 Å². The number of phenolic OH excluding ortho intramolecular Hbond substituents is 1. The van der Waals surface area contributed by atoms with Crippen LogP contribution in [0.3, 0.4) is 0 Å². The first kappa shape index (κ1) is 22.4. The van der Waals surface area contributed by atoms with Crippen molar-refractivity contribution in [2.24, 2.45) is 0 Å². The predicted molar refractivity (Wildman–Crippen MR) is 129 cm³/mol. The van der Waals surface area contributed by atoms with Gasteiger partial charge in [-0.2, -0.15) is 0 Å². The fraction of sp³-hybridized carbons (Fsp3) is 0.375. The van der Waals surface area contributed by atoms with E-state index in [1.165, 1.54) is 0 Å². The first-order valence-corrected chi connectivity index (χ1v) is 11.3. The molecule has 2 heterocycles. The third-order valence-corrected chi connectivity index (χ3v) is 6.04. The summed E-state index contributed by atoms with van der Waals surface area (Å²) >= 11 is 0. The summed E-state index contributed by atoms with van der Waals surface area (Å²) in [6.45, 7) is 7.40. The Kier molecular flexibility index (Phi) is 6.39. The Balaban J connectivity index is 1.57. The van der Waals surface area contributed by atoms with Gasteiger partial charge in [0, 0.05) is 50.6 Å². The number of piperazine rings is 1. The Morgan fingerprint density at radius 3 is 1.61 bits per heavy atom. The number of hydrogen-bond acceptors (Lipinski definition) is 6. The van der Waals surface area contributed by atoms with Crippen molar-refractivity contribution >= 4 is 11.4 Å². The van der Waals surface area contributed by atoms with Crippen LogP contribution in [0.2, 0.25) is 0 Å². The molecule has 174 valence electrons. The molecule has 0 unspecified atom stereocenters. The molecule has 0 spiro atoms. The van der Waals surface area contributed by atoms with Crippen molar-refractivity contribution in [3.63, 3.8) is 0 Å². The van der Waals surface area contributed by atoms with E-state index in [1.54, 1.807) is 31.2 Å². The van der Waals surface area contributed by atoms with Gasteiger partial charge in [0.15, 0.2) is 0 Å². The molecule has 0 saturated carbocycles. The molecule has 2 aromatic carbocycles. The number of aromatic nitrogens is 3. The average Bonchev–Trinajstić information content (AvgIpc) is 2.83.